The maximum Gasteiger partial charge on any atom is 0.329 e. The number of pyridine rings is 1. The van der Waals surface area contributed by atoms with Crippen molar-refractivity contribution in [2.45, 2.75) is 37.8 Å². The minimum Gasteiger partial charge on any atom is -0.485 e. The fourth-order valence-electron chi connectivity index (χ4n) is 5.52. The lowest BCUT2D eigenvalue weighted by molar-refractivity contribution is -0.124. The van der Waals surface area contributed by atoms with E-state index in [1.54, 1.807) is 30.5 Å². The molecule has 3 atom stereocenters. The number of amides is 3. The molecule has 2 aliphatic rings. The first-order chi connectivity index (χ1) is 18.0. The number of aromatic nitrogens is 4. The van der Waals surface area contributed by atoms with Crippen LogP contribution in [0.25, 0.3) is 10.8 Å². The number of halogens is 1. The Labute approximate surface area is 218 Å². The number of carbonyl (C=O) groups excluding carboxylic acids is 2. The van der Waals surface area contributed by atoms with Gasteiger partial charge in [0.25, 0.3) is 0 Å². The second-order valence-electron chi connectivity index (χ2n) is 9.50. The van der Waals surface area contributed by atoms with Crippen LogP contribution in [0.4, 0.5) is 10.5 Å². The lowest BCUT2D eigenvalue weighted by atomic mass is 9.74. The maximum atomic E-state index is 13.6. The van der Waals surface area contributed by atoms with Gasteiger partial charge in [-0.3, -0.25) is 14.5 Å². The van der Waals surface area contributed by atoms with E-state index in [0.717, 1.165) is 22.8 Å². The summed E-state index contributed by atoms with van der Waals surface area (Å²) in [5.74, 6) is 0.755. The number of anilines is 1. The molecule has 1 saturated heterocycles. The van der Waals surface area contributed by atoms with Gasteiger partial charge >= 0.3 is 6.03 Å². The summed E-state index contributed by atoms with van der Waals surface area (Å²) in [5, 5.41) is 9.65. The molecule has 0 bridgehead atoms. The zero-order valence-electron chi connectivity index (χ0n) is 20.2. The Balaban J connectivity index is 1.23. The number of aryl methyl sites for hydroxylation is 1. The van der Waals surface area contributed by atoms with Crippen LogP contribution in [0.2, 0.25) is 5.02 Å². The van der Waals surface area contributed by atoms with E-state index in [2.05, 4.69) is 20.4 Å². The van der Waals surface area contributed by atoms with Crippen LogP contribution in [0, 0.1) is 5.92 Å². The third kappa shape index (κ3) is 4.29. The summed E-state index contributed by atoms with van der Waals surface area (Å²) < 4.78 is 7.70. The van der Waals surface area contributed by atoms with Gasteiger partial charge in [-0.25, -0.2) is 14.7 Å². The van der Waals surface area contributed by atoms with E-state index in [4.69, 9.17) is 16.3 Å². The molecule has 3 amide bonds. The maximum absolute atomic E-state index is 13.6. The summed E-state index contributed by atoms with van der Waals surface area (Å²) in [7, 11) is 1.80. The number of benzene rings is 2. The minimum absolute atomic E-state index is 0.0283. The Morgan fingerprint density at radius 2 is 1.97 bits per heavy atom. The van der Waals surface area contributed by atoms with Crippen molar-refractivity contribution in [3.8, 4) is 5.75 Å². The molecule has 4 aromatic rings. The number of nitrogens with zero attached hydrogens (tertiary/aromatic N) is 5. The predicted molar refractivity (Wildman–Crippen MR) is 138 cm³/mol. The van der Waals surface area contributed by atoms with Gasteiger partial charge in [-0.15, -0.1) is 0 Å². The molecule has 2 fully saturated rings. The van der Waals surface area contributed by atoms with E-state index in [0.29, 0.717) is 35.1 Å². The average molecular weight is 517 g/mol. The fourth-order valence-corrected chi connectivity index (χ4v) is 5.84. The zero-order chi connectivity index (χ0) is 25.5. The molecule has 188 valence electrons. The van der Waals surface area contributed by atoms with Gasteiger partial charge in [-0.2, -0.15) is 5.10 Å². The molecule has 2 aromatic carbocycles. The van der Waals surface area contributed by atoms with E-state index in [9.17, 15) is 9.59 Å². The zero-order valence-corrected chi connectivity index (χ0v) is 20.9. The minimum atomic E-state index is -0.429. The summed E-state index contributed by atoms with van der Waals surface area (Å²) in [4.78, 5) is 36.6. The van der Waals surface area contributed by atoms with Crippen molar-refractivity contribution in [3.63, 3.8) is 0 Å². The molecule has 0 radical (unpaired) electrons. The van der Waals surface area contributed by atoms with Crippen molar-refractivity contribution < 1.29 is 14.3 Å². The Bertz CT molecular complexity index is 1500. The Morgan fingerprint density at radius 1 is 1.11 bits per heavy atom. The molecule has 6 rings (SSSR count). The number of fused-ring (bicyclic) bond motifs is 2. The third-order valence-electron chi connectivity index (χ3n) is 7.21. The number of hydrogen-bond acceptors (Lipinski definition) is 6. The highest BCUT2D eigenvalue weighted by Crippen LogP contribution is 2.45. The van der Waals surface area contributed by atoms with Crippen molar-refractivity contribution in [2.24, 2.45) is 13.0 Å². The number of ether oxygens (including phenoxy) is 1. The van der Waals surface area contributed by atoms with E-state index in [1.807, 2.05) is 42.5 Å². The first kappa shape index (κ1) is 23.4. The van der Waals surface area contributed by atoms with Gasteiger partial charge < -0.3 is 10.1 Å². The van der Waals surface area contributed by atoms with Crippen LogP contribution in [0.5, 0.6) is 5.75 Å². The lowest BCUT2D eigenvalue weighted by Crippen LogP contribution is -2.61. The van der Waals surface area contributed by atoms with Gasteiger partial charge in [0.2, 0.25) is 5.91 Å². The third-order valence-corrected chi connectivity index (χ3v) is 7.54. The van der Waals surface area contributed by atoms with Crippen molar-refractivity contribution in [2.75, 3.05) is 4.90 Å². The topological polar surface area (TPSA) is 102 Å². The lowest BCUT2D eigenvalue weighted by Gasteiger charge is -2.42. The number of rotatable bonds is 5. The van der Waals surface area contributed by atoms with Gasteiger partial charge in [-0.05, 0) is 37.3 Å². The molecule has 9 nitrogen and oxygen atoms in total. The molecule has 2 aromatic heterocycles. The number of urea groups is 1. The summed E-state index contributed by atoms with van der Waals surface area (Å²) in [6.45, 7) is 0.218. The van der Waals surface area contributed by atoms with E-state index in [-0.39, 0.29) is 30.4 Å². The fraction of sp³-hybridized carbons (Fsp3) is 0.296. The summed E-state index contributed by atoms with van der Waals surface area (Å²) in [6, 6.07) is 12.5. The number of hydrogen-bond donors (Lipinski definition) is 1. The van der Waals surface area contributed by atoms with Crippen molar-refractivity contribution >= 4 is 40.0 Å². The first-order valence-electron chi connectivity index (χ1n) is 12.2. The van der Waals surface area contributed by atoms with Crippen molar-refractivity contribution in [1.29, 1.82) is 0 Å². The molecule has 1 N–H and O–H groups in total. The Hall–Kier alpha value is -3.98. The van der Waals surface area contributed by atoms with Crippen LogP contribution >= 0.6 is 11.6 Å². The highest BCUT2D eigenvalue weighted by molar-refractivity contribution is 6.31. The van der Waals surface area contributed by atoms with Gasteiger partial charge in [0.1, 0.15) is 18.7 Å². The molecule has 3 unspecified atom stereocenters. The molecule has 1 aliphatic carbocycles. The monoisotopic (exact) mass is 516 g/mol. The first-order valence-corrected chi connectivity index (χ1v) is 12.6. The molecule has 0 spiro atoms. The van der Waals surface area contributed by atoms with Crippen molar-refractivity contribution in [1.82, 2.24) is 25.1 Å². The van der Waals surface area contributed by atoms with Crippen LogP contribution in [-0.2, 0) is 18.4 Å². The molecule has 1 aliphatic heterocycles. The van der Waals surface area contributed by atoms with E-state index < -0.39 is 6.03 Å². The van der Waals surface area contributed by atoms with E-state index >= 15 is 0 Å². The normalized spacial score (nSPS) is 21.6. The molecular weight excluding hydrogens is 492 g/mol. The standard InChI is InChI=1S/C27H25ClN6O3/c1-33-15-30-24(32-33)14-37-23-8-4-7-20(28)25(23)16-9-10-19-21(11-16)31-27(36)34(26(19)35)22-13-29-12-17-5-2-3-6-18(17)22/h2-8,12-13,15-16,19,21H,9-11,14H2,1H3,(H,31,36). The van der Waals surface area contributed by atoms with Crippen LogP contribution in [0.1, 0.15) is 36.6 Å². The second kappa shape index (κ2) is 9.48. The quantitative estimate of drug-likeness (QED) is 0.416. The van der Waals surface area contributed by atoms with Crippen LogP contribution < -0.4 is 15.0 Å². The molecular formula is C27H25ClN6O3. The van der Waals surface area contributed by atoms with E-state index in [1.165, 1.54) is 4.90 Å². The molecule has 10 heteroatoms. The van der Waals surface area contributed by atoms with Crippen LogP contribution in [-0.4, -0.2) is 37.7 Å². The summed E-state index contributed by atoms with van der Waals surface area (Å²) in [6.07, 6.45) is 6.88. The van der Waals surface area contributed by atoms with Crippen molar-refractivity contribution in [3.05, 3.63) is 77.6 Å². The van der Waals surface area contributed by atoms with Gasteiger partial charge in [0.05, 0.1) is 17.8 Å². The van der Waals surface area contributed by atoms with Crippen LogP contribution in [0.15, 0.2) is 61.2 Å². The average Bonchev–Trinajstić information content (AvgIpc) is 3.32. The number of carbonyl (C=O) groups is 2. The van der Waals surface area contributed by atoms with Gasteiger partial charge in [-0.1, -0.05) is 41.9 Å². The number of imide groups is 1. The van der Waals surface area contributed by atoms with Gasteiger partial charge in [0.15, 0.2) is 5.82 Å². The number of nitrogens with one attached hydrogen (secondary N) is 1. The predicted octanol–water partition coefficient (Wildman–Crippen LogP) is 4.60. The molecule has 37 heavy (non-hydrogen) atoms. The highest BCUT2D eigenvalue weighted by Gasteiger charge is 2.46. The molecule has 3 heterocycles. The highest BCUT2D eigenvalue weighted by atomic mass is 35.5. The SMILES string of the molecule is Cn1cnc(COc2cccc(Cl)c2C2CCC3C(=O)N(c4cncc5ccccc45)C(=O)NC3C2)n1. The smallest absolute Gasteiger partial charge is 0.329 e. The van der Waals surface area contributed by atoms with Crippen LogP contribution in [0.3, 0.4) is 0 Å². The van der Waals surface area contributed by atoms with Gasteiger partial charge in [0, 0.05) is 40.6 Å². The molecule has 1 saturated carbocycles. The largest absolute Gasteiger partial charge is 0.485 e. The Morgan fingerprint density at radius 3 is 2.81 bits per heavy atom. The Kier molecular flexibility index (Phi) is 6.00. The second-order valence-corrected chi connectivity index (χ2v) is 9.91. The summed E-state index contributed by atoms with van der Waals surface area (Å²) >= 11 is 6.65. The summed E-state index contributed by atoms with van der Waals surface area (Å²) in [5.41, 5.74) is 1.40.